The van der Waals surface area contributed by atoms with E-state index >= 15 is 0 Å². The number of nitrogens with zero attached hydrogens (tertiary/aromatic N) is 1. The zero-order valence-corrected chi connectivity index (χ0v) is 10.7. The van der Waals surface area contributed by atoms with Gasteiger partial charge in [-0.05, 0) is 35.2 Å². The number of hydrogen-bond donors (Lipinski definition) is 0. The lowest BCUT2D eigenvalue weighted by molar-refractivity contribution is 0.137. The van der Waals surface area contributed by atoms with Crippen molar-refractivity contribution in [3.63, 3.8) is 0 Å². The van der Waals surface area contributed by atoms with Crippen LogP contribution < -0.4 is 4.74 Å². The zero-order valence-electron chi connectivity index (χ0n) is 9.89. The van der Waals surface area contributed by atoms with E-state index in [1.807, 2.05) is 6.92 Å². The van der Waals surface area contributed by atoms with E-state index in [1.165, 1.54) is 31.4 Å². The molecule has 0 aliphatic rings. The van der Waals surface area contributed by atoms with E-state index in [0.717, 1.165) is 6.42 Å². The van der Waals surface area contributed by atoms with Crippen LogP contribution in [0.5, 0.6) is 5.75 Å². The van der Waals surface area contributed by atoms with Crippen molar-refractivity contribution in [3.05, 3.63) is 24.3 Å². The fourth-order valence-corrected chi connectivity index (χ4v) is 2.34. The Bertz CT molecular complexity index is 444. The van der Waals surface area contributed by atoms with Crippen molar-refractivity contribution in [1.82, 2.24) is 4.53 Å². The molecular weight excluding hydrogens is 245 g/mol. The SMILES string of the molecule is CCCCN(F)S(=O)(=O)c1ccc(OC)cc1. The summed E-state index contributed by atoms with van der Waals surface area (Å²) in [6.07, 6.45) is 1.23. The minimum atomic E-state index is -4.03. The van der Waals surface area contributed by atoms with Gasteiger partial charge in [0.05, 0.1) is 12.0 Å². The van der Waals surface area contributed by atoms with Crippen LogP contribution in [-0.2, 0) is 10.0 Å². The fourth-order valence-electron chi connectivity index (χ4n) is 1.26. The summed E-state index contributed by atoms with van der Waals surface area (Å²) >= 11 is 0. The molecule has 0 fully saturated rings. The van der Waals surface area contributed by atoms with Crippen molar-refractivity contribution in [2.24, 2.45) is 0 Å². The highest BCUT2D eigenvalue weighted by Gasteiger charge is 2.23. The highest BCUT2D eigenvalue weighted by Crippen LogP contribution is 2.19. The van der Waals surface area contributed by atoms with Crippen molar-refractivity contribution in [3.8, 4) is 5.75 Å². The molecule has 4 nitrogen and oxygen atoms in total. The molecular formula is C11H16FNO3S. The molecule has 0 spiro atoms. The van der Waals surface area contributed by atoms with Crippen molar-refractivity contribution < 1.29 is 17.6 Å². The van der Waals surface area contributed by atoms with Gasteiger partial charge < -0.3 is 4.74 Å². The smallest absolute Gasteiger partial charge is 0.269 e. The second kappa shape index (κ2) is 5.97. The first kappa shape index (κ1) is 13.9. The van der Waals surface area contributed by atoms with Crippen molar-refractivity contribution >= 4 is 10.0 Å². The highest BCUT2D eigenvalue weighted by molar-refractivity contribution is 7.89. The summed E-state index contributed by atoms with van der Waals surface area (Å²) < 4.78 is 41.7. The van der Waals surface area contributed by atoms with E-state index in [-0.39, 0.29) is 16.0 Å². The van der Waals surface area contributed by atoms with Crippen LogP contribution in [0, 0.1) is 0 Å². The predicted molar refractivity (Wildman–Crippen MR) is 62.9 cm³/mol. The van der Waals surface area contributed by atoms with Crippen LogP contribution in [0.1, 0.15) is 19.8 Å². The van der Waals surface area contributed by atoms with Gasteiger partial charge in [-0.1, -0.05) is 13.3 Å². The molecule has 0 aliphatic carbocycles. The first-order chi connectivity index (χ1) is 8.02. The molecule has 1 rings (SSSR count). The van der Waals surface area contributed by atoms with Crippen LogP contribution in [0.15, 0.2) is 29.2 Å². The van der Waals surface area contributed by atoms with Crippen LogP contribution in [0.2, 0.25) is 0 Å². The number of ether oxygens (including phenoxy) is 1. The largest absolute Gasteiger partial charge is 0.497 e. The first-order valence-corrected chi connectivity index (χ1v) is 6.79. The molecule has 0 radical (unpaired) electrons. The number of benzene rings is 1. The van der Waals surface area contributed by atoms with E-state index in [9.17, 15) is 12.9 Å². The van der Waals surface area contributed by atoms with Gasteiger partial charge in [-0.15, -0.1) is 4.48 Å². The van der Waals surface area contributed by atoms with E-state index in [0.29, 0.717) is 12.2 Å². The van der Waals surface area contributed by atoms with E-state index in [2.05, 4.69) is 0 Å². The van der Waals surface area contributed by atoms with Crippen LogP contribution in [0.4, 0.5) is 4.48 Å². The summed E-state index contributed by atoms with van der Waals surface area (Å²) in [4.78, 5) is -0.0723. The van der Waals surface area contributed by atoms with Gasteiger partial charge in [0.25, 0.3) is 10.0 Å². The summed E-state index contributed by atoms with van der Waals surface area (Å²) in [5.41, 5.74) is 0. The van der Waals surface area contributed by atoms with E-state index in [4.69, 9.17) is 4.74 Å². The maximum Gasteiger partial charge on any atom is 0.269 e. The Morgan fingerprint density at radius 1 is 1.29 bits per heavy atom. The Hall–Kier alpha value is -1.14. The maximum absolute atomic E-state index is 13.4. The maximum atomic E-state index is 13.4. The van der Waals surface area contributed by atoms with Gasteiger partial charge in [0.15, 0.2) is 0 Å². The lowest BCUT2D eigenvalue weighted by Gasteiger charge is -2.12. The average Bonchev–Trinajstić information content (AvgIpc) is 2.35. The van der Waals surface area contributed by atoms with Gasteiger partial charge in [0.2, 0.25) is 0 Å². The lowest BCUT2D eigenvalue weighted by Crippen LogP contribution is -2.24. The van der Waals surface area contributed by atoms with E-state index < -0.39 is 10.0 Å². The molecule has 1 aromatic rings. The van der Waals surface area contributed by atoms with Gasteiger partial charge in [-0.25, -0.2) is 8.42 Å². The highest BCUT2D eigenvalue weighted by atomic mass is 32.2. The second-order valence-corrected chi connectivity index (χ2v) is 5.36. The minimum Gasteiger partial charge on any atom is -0.497 e. The molecule has 0 N–H and O–H groups in total. The monoisotopic (exact) mass is 261 g/mol. The van der Waals surface area contributed by atoms with Gasteiger partial charge in [0, 0.05) is 6.54 Å². The average molecular weight is 261 g/mol. The Balaban J connectivity index is 2.88. The third-order valence-electron chi connectivity index (χ3n) is 2.31. The van der Waals surface area contributed by atoms with Gasteiger partial charge >= 0.3 is 0 Å². The molecule has 0 heterocycles. The number of rotatable bonds is 6. The third-order valence-corrected chi connectivity index (χ3v) is 3.88. The molecule has 1 aromatic carbocycles. The molecule has 0 atom stereocenters. The van der Waals surface area contributed by atoms with Crippen molar-refractivity contribution in [2.45, 2.75) is 24.7 Å². The number of unbranched alkanes of at least 4 members (excludes halogenated alkanes) is 1. The quantitative estimate of drug-likeness (QED) is 0.739. The normalized spacial score (nSPS) is 11.8. The Labute approximate surface area is 101 Å². The fraction of sp³-hybridized carbons (Fsp3) is 0.455. The molecule has 0 bridgehead atoms. The van der Waals surface area contributed by atoms with Crippen LogP contribution in [0.25, 0.3) is 0 Å². The van der Waals surface area contributed by atoms with Crippen LogP contribution >= 0.6 is 0 Å². The molecule has 0 aliphatic heterocycles. The molecule has 0 unspecified atom stereocenters. The van der Waals surface area contributed by atoms with Crippen molar-refractivity contribution in [1.29, 1.82) is 0 Å². The van der Waals surface area contributed by atoms with E-state index in [1.54, 1.807) is 0 Å². The third kappa shape index (κ3) is 3.41. The molecule has 0 aromatic heterocycles. The summed E-state index contributed by atoms with van der Waals surface area (Å²) in [7, 11) is -2.55. The zero-order chi connectivity index (χ0) is 12.9. The molecule has 0 saturated heterocycles. The van der Waals surface area contributed by atoms with Crippen molar-refractivity contribution in [2.75, 3.05) is 13.7 Å². The minimum absolute atomic E-state index is 0.0723. The van der Waals surface area contributed by atoms with Gasteiger partial charge in [-0.3, -0.25) is 0 Å². The summed E-state index contributed by atoms with van der Waals surface area (Å²) in [6, 6.07) is 5.63. The number of sulfonamides is 1. The molecule has 17 heavy (non-hydrogen) atoms. The molecule has 96 valence electrons. The lowest BCUT2D eigenvalue weighted by atomic mass is 10.3. The van der Waals surface area contributed by atoms with Crippen LogP contribution in [-0.4, -0.2) is 26.6 Å². The predicted octanol–water partition coefficient (Wildman–Crippen LogP) is 2.37. The molecule has 0 amide bonds. The molecule has 0 saturated carbocycles. The Morgan fingerprint density at radius 2 is 1.88 bits per heavy atom. The first-order valence-electron chi connectivity index (χ1n) is 5.35. The standard InChI is InChI=1S/C11H16FNO3S/c1-3-4-9-13(12)17(14,15)11-7-5-10(16-2)6-8-11/h5-8H,3-4,9H2,1-2H3. The Kier molecular flexibility index (Phi) is 4.89. The number of halogens is 1. The molecule has 6 heteroatoms. The van der Waals surface area contributed by atoms with Gasteiger partial charge in [-0.2, -0.15) is 0 Å². The van der Waals surface area contributed by atoms with Gasteiger partial charge in [0.1, 0.15) is 5.75 Å². The Morgan fingerprint density at radius 3 is 2.35 bits per heavy atom. The summed E-state index contributed by atoms with van der Waals surface area (Å²) in [5, 5.41) is 0. The second-order valence-electron chi connectivity index (χ2n) is 3.55. The summed E-state index contributed by atoms with van der Waals surface area (Å²) in [6.45, 7) is 1.75. The number of hydrogen-bond acceptors (Lipinski definition) is 3. The van der Waals surface area contributed by atoms with Crippen LogP contribution in [0.3, 0.4) is 0 Å². The topological polar surface area (TPSA) is 46.6 Å². The number of methoxy groups -OCH3 is 1. The summed E-state index contributed by atoms with van der Waals surface area (Å²) in [5.74, 6) is 0.530.